The van der Waals surface area contributed by atoms with E-state index in [2.05, 4.69) is 10.6 Å². The Morgan fingerprint density at radius 1 is 1.14 bits per heavy atom. The Kier molecular flexibility index (Phi) is 9.59. The third-order valence-corrected chi connectivity index (χ3v) is 5.70. The number of likely N-dealkylation sites (N-methyl/N-ethyl adjacent to an activating group) is 1. The Balaban J connectivity index is 0.00000432. The topological polar surface area (TPSA) is 171 Å². The Hall–Kier alpha value is -2.76. The number of aliphatic carboxylic acids is 1. The van der Waals surface area contributed by atoms with Crippen molar-refractivity contribution in [2.75, 3.05) is 18.5 Å². The molecule has 3 rings (SSSR count). The summed E-state index contributed by atoms with van der Waals surface area (Å²) in [6, 6.07) is 4.10. The number of hydrogen-bond donors (Lipinski definition) is 4. The van der Waals surface area contributed by atoms with Crippen molar-refractivity contribution >= 4 is 58.3 Å². The van der Waals surface area contributed by atoms with Crippen LogP contribution >= 0.6 is 23.2 Å². The van der Waals surface area contributed by atoms with Crippen molar-refractivity contribution < 1.29 is 53.8 Å². The molecule has 0 spiro atoms. The van der Waals surface area contributed by atoms with Crippen LogP contribution in [0.4, 0.5) is 16.2 Å². The zero-order valence-electron chi connectivity index (χ0n) is 18.8. The van der Waals surface area contributed by atoms with Gasteiger partial charge in [-0.15, -0.1) is 0 Å². The van der Waals surface area contributed by atoms with Crippen molar-refractivity contribution in [2.45, 2.75) is 18.5 Å². The van der Waals surface area contributed by atoms with E-state index in [9.17, 15) is 24.3 Å². The van der Waals surface area contributed by atoms with Crippen LogP contribution in [-0.4, -0.2) is 41.7 Å². The predicted molar refractivity (Wildman–Crippen MR) is 125 cm³/mol. The van der Waals surface area contributed by atoms with Gasteiger partial charge in [-0.1, -0.05) is 29.3 Å². The molecule has 0 fully saturated rings. The van der Waals surface area contributed by atoms with E-state index in [1.807, 2.05) is 0 Å². The Morgan fingerprint density at radius 2 is 1.77 bits per heavy atom. The van der Waals surface area contributed by atoms with Gasteiger partial charge in [-0.3, -0.25) is 9.59 Å². The Labute approximate surface area is 232 Å². The van der Waals surface area contributed by atoms with Crippen molar-refractivity contribution in [3.63, 3.8) is 0 Å². The van der Waals surface area contributed by atoms with Crippen molar-refractivity contribution in [1.29, 1.82) is 0 Å². The summed E-state index contributed by atoms with van der Waals surface area (Å²) in [5, 5.41) is 16.6. The number of nitrogens with zero attached hydrogens (tertiary/aromatic N) is 1. The molecule has 1 aliphatic rings. The first kappa shape index (κ1) is 28.5. The molecule has 10 nitrogen and oxygen atoms in total. The number of hydrogen-bond acceptors (Lipinski definition) is 7. The summed E-state index contributed by atoms with van der Waals surface area (Å²) in [4.78, 5) is 49.4. The fourth-order valence-electron chi connectivity index (χ4n) is 3.45. The summed E-state index contributed by atoms with van der Waals surface area (Å²) >= 11 is 12.6. The second kappa shape index (κ2) is 11.8. The molecule has 6 N–H and O–H groups in total. The molecule has 2 aromatic carbocycles. The number of nitrogens with one attached hydrogen (secondary N) is 2. The molecule has 2 atom stereocenters. The second-order valence-electron chi connectivity index (χ2n) is 7.55. The van der Waals surface area contributed by atoms with Gasteiger partial charge >= 0.3 is 35.6 Å². The SMILES string of the molecule is CN1C=CC(=O)C(NC(=O)N[C@@H](CC(=O)[O-])c2cc(-c3c(Cl)cc(N)cc3Cl)ccc2N)C1=O.[Na+]. The standard InChI is InChI=1S/C22H21Cl2N5O5.Na/c1-29-5-4-17(30)20(21(29)33)28-22(34)27-16(9-18(31)32)12-6-10(2-3-15(12)26)19-13(23)7-11(25)8-14(19)24;/h2-8,16,20H,9,25-26H2,1H3,(H,31,32)(H2,27,28,34);/q;+1/p-1/t16-,20?;/m0./s1. The van der Waals surface area contributed by atoms with E-state index in [-0.39, 0.29) is 50.9 Å². The van der Waals surface area contributed by atoms with Crippen LogP contribution in [0.5, 0.6) is 0 Å². The maximum absolute atomic E-state index is 12.6. The first-order chi connectivity index (χ1) is 16.0. The number of carbonyl (C=O) groups is 4. The van der Waals surface area contributed by atoms with Gasteiger partial charge in [0.15, 0.2) is 11.8 Å². The number of ketones is 1. The number of benzene rings is 2. The van der Waals surface area contributed by atoms with Crippen LogP contribution in [0.3, 0.4) is 0 Å². The molecular weight excluding hydrogens is 508 g/mol. The second-order valence-corrected chi connectivity index (χ2v) is 8.36. The summed E-state index contributed by atoms with van der Waals surface area (Å²) in [6.07, 6.45) is 1.78. The molecule has 35 heavy (non-hydrogen) atoms. The Bertz CT molecular complexity index is 1200. The van der Waals surface area contributed by atoms with Gasteiger partial charge in [0.2, 0.25) is 0 Å². The maximum Gasteiger partial charge on any atom is 1.00 e. The number of carbonyl (C=O) groups excluding carboxylic acids is 4. The van der Waals surface area contributed by atoms with Crippen LogP contribution in [0.25, 0.3) is 11.1 Å². The molecule has 1 heterocycles. The van der Waals surface area contributed by atoms with Crippen molar-refractivity contribution in [2.24, 2.45) is 0 Å². The van der Waals surface area contributed by atoms with Crippen LogP contribution in [-0.2, 0) is 14.4 Å². The molecule has 0 aromatic heterocycles. The fraction of sp³-hybridized carbons (Fsp3) is 0.182. The molecule has 178 valence electrons. The zero-order valence-corrected chi connectivity index (χ0v) is 22.3. The molecule has 0 bridgehead atoms. The van der Waals surface area contributed by atoms with Gasteiger partial charge < -0.3 is 36.9 Å². The largest absolute Gasteiger partial charge is 1.00 e. The van der Waals surface area contributed by atoms with E-state index in [0.717, 1.165) is 11.0 Å². The van der Waals surface area contributed by atoms with Gasteiger partial charge in [-0.25, -0.2) is 4.79 Å². The minimum atomic E-state index is -1.47. The molecule has 0 radical (unpaired) electrons. The molecule has 1 aliphatic heterocycles. The third kappa shape index (κ3) is 6.68. The molecule has 2 aromatic rings. The van der Waals surface area contributed by atoms with Crippen molar-refractivity contribution in [1.82, 2.24) is 15.5 Å². The monoisotopic (exact) mass is 527 g/mol. The summed E-state index contributed by atoms with van der Waals surface area (Å²) in [5.74, 6) is -2.73. The molecule has 0 saturated heterocycles. The van der Waals surface area contributed by atoms with Crippen molar-refractivity contribution in [3.8, 4) is 11.1 Å². The number of anilines is 2. The number of carboxylic acid groups (broad SMARTS) is 1. The molecular formula is C22H20Cl2N5NaO5. The molecule has 1 unspecified atom stereocenters. The zero-order chi connectivity index (χ0) is 25.2. The van der Waals surface area contributed by atoms with Crippen LogP contribution in [0, 0.1) is 0 Å². The number of carboxylic acids is 1. The average molecular weight is 528 g/mol. The summed E-state index contributed by atoms with van der Waals surface area (Å²) in [6.45, 7) is 0. The summed E-state index contributed by atoms with van der Waals surface area (Å²) in [7, 11) is 1.43. The van der Waals surface area contributed by atoms with Crippen LogP contribution in [0.15, 0.2) is 42.6 Å². The number of amides is 3. The molecule has 3 amide bonds. The van der Waals surface area contributed by atoms with E-state index in [1.165, 1.54) is 37.5 Å². The molecule has 0 saturated carbocycles. The van der Waals surface area contributed by atoms with Crippen LogP contribution < -0.4 is 56.8 Å². The van der Waals surface area contributed by atoms with Gasteiger partial charge in [-0.2, -0.15) is 0 Å². The summed E-state index contributed by atoms with van der Waals surface area (Å²) < 4.78 is 0. The molecule has 13 heteroatoms. The average Bonchev–Trinajstić information content (AvgIpc) is 2.73. The van der Waals surface area contributed by atoms with Gasteiger partial charge in [-0.05, 0) is 35.4 Å². The van der Waals surface area contributed by atoms with E-state index in [1.54, 1.807) is 6.07 Å². The number of urea groups is 1. The van der Waals surface area contributed by atoms with E-state index < -0.39 is 42.2 Å². The number of nitrogen functional groups attached to an aromatic ring is 2. The summed E-state index contributed by atoms with van der Waals surface area (Å²) in [5.41, 5.74) is 13.5. The van der Waals surface area contributed by atoms with Gasteiger partial charge in [0.1, 0.15) is 0 Å². The quantitative estimate of drug-likeness (QED) is 0.195. The van der Waals surface area contributed by atoms with Gasteiger partial charge in [0, 0.05) is 48.7 Å². The van der Waals surface area contributed by atoms with Gasteiger partial charge in [0.25, 0.3) is 5.91 Å². The number of rotatable bonds is 6. The van der Waals surface area contributed by atoms with Gasteiger partial charge in [0.05, 0.1) is 16.1 Å². The normalized spacial score (nSPS) is 15.9. The first-order valence-electron chi connectivity index (χ1n) is 9.87. The molecule has 0 aliphatic carbocycles. The van der Waals surface area contributed by atoms with Crippen LogP contribution in [0.1, 0.15) is 18.0 Å². The van der Waals surface area contributed by atoms with E-state index in [0.29, 0.717) is 16.8 Å². The minimum Gasteiger partial charge on any atom is -0.550 e. The van der Waals surface area contributed by atoms with Crippen molar-refractivity contribution in [3.05, 3.63) is 58.2 Å². The fourth-order valence-corrected chi connectivity index (χ4v) is 4.17. The predicted octanol–water partition coefficient (Wildman–Crippen LogP) is -1.77. The van der Waals surface area contributed by atoms with E-state index in [4.69, 9.17) is 34.7 Å². The smallest absolute Gasteiger partial charge is 0.550 e. The minimum absolute atomic E-state index is 0. The number of halogens is 2. The van der Waals surface area contributed by atoms with E-state index >= 15 is 0 Å². The Morgan fingerprint density at radius 3 is 2.37 bits per heavy atom. The number of nitrogens with two attached hydrogens (primary N) is 2. The first-order valence-corrected chi connectivity index (χ1v) is 10.6. The maximum atomic E-state index is 12.6. The van der Waals surface area contributed by atoms with Crippen LogP contribution in [0.2, 0.25) is 10.0 Å². The third-order valence-electron chi connectivity index (χ3n) is 5.11.